The van der Waals surface area contributed by atoms with E-state index in [2.05, 4.69) is 26.8 Å². The molecule has 0 radical (unpaired) electrons. The van der Waals surface area contributed by atoms with E-state index < -0.39 is 0 Å². The molecule has 1 saturated heterocycles. The lowest BCUT2D eigenvalue weighted by atomic mass is 9.97. The maximum atomic E-state index is 12.4. The molecule has 1 aliphatic heterocycles. The van der Waals surface area contributed by atoms with Crippen molar-refractivity contribution in [2.45, 2.75) is 52.0 Å². The Hall–Kier alpha value is -2.62. The Kier molecular flexibility index (Phi) is 7.67. The molecule has 0 spiro atoms. The number of fused-ring (bicyclic) bond motifs is 1. The number of ether oxygens (including phenoxy) is 2. The Labute approximate surface area is 175 Å². The second-order valence-corrected chi connectivity index (χ2v) is 7.72. The lowest BCUT2D eigenvalue weighted by molar-refractivity contribution is -0.147. The van der Waals surface area contributed by atoms with E-state index in [1.165, 1.54) is 7.11 Å². The van der Waals surface area contributed by atoms with Gasteiger partial charge in [0.2, 0.25) is 0 Å². The third kappa shape index (κ3) is 5.29. The number of nitrogen functional groups attached to an aromatic ring is 1. The zero-order chi connectivity index (χ0) is 21.5. The van der Waals surface area contributed by atoms with Crippen molar-refractivity contribution in [3.8, 4) is 6.01 Å². The number of hydrogen-bond donors (Lipinski definition) is 2. The van der Waals surface area contributed by atoms with E-state index in [9.17, 15) is 9.59 Å². The molecule has 1 aliphatic rings. The molecule has 0 bridgehead atoms. The SMILES string of the molecule is CCCCOc1nc(N)c2[nH]c(=O)n(CCCCN3CCC(C(=O)OC)CC3)c2n1. The van der Waals surface area contributed by atoms with Gasteiger partial charge in [0, 0.05) is 6.54 Å². The first-order valence-corrected chi connectivity index (χ1v) is 10.7. The minimum atomic E-state index is -0.240. The molecule has 0 amide bonds. The van der Waals surface area contributed by atoms with E-state index >= 15 is 0 Å². The molecule has 0 atom stereocenters. The van der Waals surface area contributed by atoms with E-state index in [0.717, 1.165) is 58.2 Å². The summed E-state index contributed by atoms with van der Waals surface area (Å²) in [5, 5.41) is 0. The quantitative estimate of drug-likeness (QED) is 0.438. The number of aryl methyl sites for hydroxylation is 1. The summed E-state index contributed by atoms with van der Waals surface area (Å²) in [5.41, 5.74) is 6.68. The zero-order valence-electron chi connectivity index (χ0n) is 17.9. The number of esters is 1. The summed E-state index contributed by atoms with van der Waals surface area (Å²) in [5.74, 6) is 0.137. The first-order valence-electron chi connectivity index (χ1n) is 10.7. The Balaban J connectivity index is 1.54. The van der Waals surface area contributed by atoms with Crippen molar-refractivity contribution < 1.29 is 14.3 Å². The van der Waals surface area contributed by atoms with Gasteiger partial charge in [-0.3, -0.25) is 9.36 Å². The van der Waals surface area contributed by atoms with E-state index in [4.69, 9.17) is 15.2 Å². The van der Waals surface area contributed by atoms with Gasteiger partial charge in [0.25, 0.3) is 0 Å². The highest BCUT2D eigenvalue weighted by molar-refractivity contribution is 5.81. The van der Waals surface area contributed by atoms with Crippen molar-refractivity contribution in [2.24, 2.45) is 5.92 Å². The summed E-state index contributed by atoms with van der Waals surface area (Å²) >= 11 is 0. The number of unbranched alkanes of at least 4 members (excludes halogenated alkanes) is 2. The number of likely N-dealkylation sites (tertiary alicyclic amines) is 1. The molecule has 166 valence electrons. The minimum absolute atomic E-state index is 0.0231. The van der Waals surface area contributed by atoms with Gasteiger partial charge in [0.15, 0.2) is 11.5 Å². The summed E-state index contributed by atoms with van der Waals surface area (Å²) in [7, 11) is 1.44. The first-order chi connectivity index (χ1) is 14.5. The summed E-state index contributed by atoms with van der Waals surface area (Å²) < 4.78 is 12.0. The third-order valence-corrected chi connectivity index (χ3v) is 5.59. The fourth-order valence-corrected chi connectivity index (χ4v) is 3.77. The van der Waals surface area contributed by atoms with Crippen LogP contribution in [0, 0.1) is 5.92 Å². The molecule has 0 aliphatic carbocycles. The molecule has 3 rings (SSSR count). The van der Waals surface area contributed by atoms with Crippen molar-refractivity contribution in [1.29, 1.82) is 0 Å². The van der Waals surface area contributed by atoms with Crippen LogP contribution >= 0.6 is 0 Å². The molecule has 3 heterocycles. The third-order valence-electron chi connectivity index (χ3n) is 5.59. The molecule has 2 aromatic rings. The number of rotatable bonds is 10. The molecule has 0 saturated carbocycles. The van der Waals surface area contributed by atoms with Crippen molar-refractivity contribution in [3.05, 3.63) is 10.5 Å². The van der Waals surface area contributed by atoms with Crippen molar-refractivity contribution >= 4 is 23.0 Å². The predicted octanol–water partition coefficient (Wildman–Crippen LogP) is 1.55. The highest BCUT2D eigenvalue weighted by Gasteiger charge is 2.25. The van der Waals surface area contributed by atoms with Crippen LogP contribution < -0.4 is 16.2 Å². The van der Waals surface area contributed by atoms with Gasteiger partial charge in [0.1, 0.15) is 5.52 Å². The number of piperidine rings is 1. The fraction of sp³-hybridized carbons (Fsp3) is 0.700. The van der Waals surface area contributed by atoms with Crippen LogP contribution in [0.25, 0.3) is 11.2 Å². The highest BCUT2D eigenvalue weighted by Crippen LogP contribution is 2.20. The van der Waals surface area contributed by atoms with Gasteiger partial charge in [-0.15, -0.1) is 0 Å². The number of carbonyl (C=O) groups is 1. The topological polar surface area (TPSA) is 128 Å². The maximum absolute atomic E-state index is 12.4. The Morgan fingerprint density at radius 2 is 1.93 bits per heavy atom. The molecule has 0 unspecified atom stereocenters. The number of aromatic nitrogens is 4. The number of anilines is 1. The Morgan fingerprint density at radius 3 is 2.63 bits per heavy atom. The minimum Gasteiger partial charge on any atom is -0.469 e. The van der Waals surface area contributed by atoms with Gasteiger partial charge in [-0.2, -0.15) is 9.97 Å². The normalized spacial score (nSPS) is 15.5. The predicted molar refractivity (Wildman–Crippen MR) is 113 cm³/mol. The second kappa shape index (κ2) is 10.4. The van der Waals surface area contributed by atoms with Crippen molar-refractivity contribution in [1.82, 2.24) is 24.4 Å². The maximum Gasteiger partial charge on any atom is 0.327 e. The molecule has 3 N–H and O–H groups in total. The smallest absolute Gasteiger partial charge is 0.327 e. The Bertz CT molecular complexity index is 901. The van der Waals surface area contributed by atoms with E-state index in [1.54, 1.807) is 4.57 Å². The van der Waals surface area contributed by atoms with Gasteiger partial charge in [-0.05, 0) is 51.7 Å². The van der Waals surface area contributed by atoms with Crippen LogP contribution in [-0.2, 0) is 16.1 Å². The van der Waals surface area contributed by atoms with Crippen LogP contribution in [0.4, 0.5) is 5.82 Å². The lowest BCUT2D eigenvalue weighted by Crippen LogP contribution is -2.37. The number of imidazole rings is 1. The number of aromatic amines is 1. The lowest BCUT2D eigenvalue weighted by Gasteiger charge is -2.30. The van der Waals surface area contributed by atoms with Crippen molar-refractivity contribution in [3.63, 3.8) is 0 Å². The van der Waals surface area contributed by atoms with Gasteiger partial charge >= 0.3 is 17.7 Å². The molecular weight excluding hydrogens is 388 g/mol. The van der Waals surface area contributed by atoms with Crippen LogP contribution in [0.2, 0.25) is 0 Å². The van der Waals surface area contributed by atoms with Crippen LogP contribution in [0.5, 0.6) is 6.01 Å². The van der Waals surface area contributed by atoms with Gasteiger partial charge in [-0.25, -0.2) is 4.79 Å². The largest absolute Gasteiger partial charge is 0.469 e. The standard InChI is InChI=1S/C20H32N6O4/c1-3-4-13-30-19-23-16(21)15-17(24-19)26(20(28)22-15)10-6-5-9-25-11-7-14(8-12-25)18(27)29-2/h14H,3-13H2,1-2H3,(H,22,28)(H2,21,23,24). The Morgan fingerprint density at radius 1 is 1.20 bits per heavy atom. The first kappa shape index (κ1) is 22.1. The number of methoxy groups -OCH3 is 1. The molecule has 30 heavy (non-hydrogen) atoms. The van der Waals surface area contributed by atoms with E-state index in [1.807, 2.05) is 0 Å². The van der Waals surface area contributed by atoms with E-state index in [0.29, 0.717) is 24.3 Å². The molecule has 2 aromatic heterocycles. The van der Waals surface area contributed by atoms with Crippen LogP contribution in [0.15, 0.2) is 4.79 Å². The molecule has 10 heteroatoms. The summed E-state index contributed by atoms with van der Waals surface area (Å²) in [6, 6.07) is 0.203. The van der Waals surface area contributed by atoms with Crippen molar-refractivity contribution in [2.75, 3.05) is 39.1 Å². The number of H-pyrrole nitrogens is 1. The number of nitrogens with one attached hydrogen (secondary N) is 1. The second-order valence-electron chi connectivity index (χ2n) is 7.72. The van der Waals surface area contributed by atoms with Gasteiger partial charge < -0.3 is 25.1 Å². The summed E-state index contributed by atoms with van der Waals surface area (Å²) in [6.07, 6.45) is 5.37. The number of nitrogens with two attached hydrogens (primary N) is 1. The number of nitrogens with zero attached hydrogens (tertiary/aromatic N) is 4. The van der Waals surface area contributed by atoms with Crippen LogP contribution in [0.1, 0.15) is 45.4 Å². The average molecular weight is 421 g/mol. The van der Waals surface area contributed by atoms with Gasteiger partial charge in [-0.1, -0.05) is 13.3 Å². The van der Waals surface area contributed by atoms with Gasteiger partial charge in [0.05, 0.1) is 19.6 Å². The summed E-state index contributed by atoms with van der Waals surface area (Å²) in [4.78, 5) is 37.6. The highest BCUT2D eigenvalue weighted by atomic mass is 16.5. The molecule has 10 nitrogen and oxygen atoms in total. The van der Waals surface area contributed by atoms with E-state index in [-0.39, 0.29) is 29.4 Å². The summed E-state index contributed by atoms with van der Waals surface area (Å²) in [6.45, 7) is 5.87. The fourth-order valence-electron chi connectivity index (χ4n) is 3.77. The number of carbonyl (C=O) groups excluding carboxylic acids is 1. The molecule has 1 fully saturated rings. The monoisotopic (exact) mass is 420 g/mol. The molecule has 0 aromatic carbocycles. The average Bonchev–Trinajstić information content (AvgIpc) is 3.07. The zero-order valence-corrected chi connectivity index (χ0v) is 17.9. The molecular formula is C20H32N6O4. The number of hydrogen-bond acceptors (Lipinski definition) is 8. The van der Waals surface area contributed by atoms with Crippen LogP contribution in [0.3, 0.4) is 0 Å². The van der Waals surface area contributed by atoms with Crippen LogP contribution in [-0.4, -0.2) is 63.7 Å².